The van der Waals surface area contributed by atoms with Gasteiger partial charge in [-0.05, 0) is 32.4 Å². The van der Waals surface area contributed by atoms with Crippen molar-refractivity contribution in [1.82, 2.24) is 4.90 Å². The van der Waals surface area contributed by atoms with Crippen LogP contribution in [0.25, 0.3) is 0 Å². The summed E-state index contributed by atoms with van der Waals surface area (Å²) < 4.78 is 13.7. The molecular weight excluding hydrogens is 217 g/mol. The second-order valence-corrected chi connectivity index (χ2v) is 4.78. The summed E-state index contributed by atoms with van der Waals surface area (Å²) in [6.45, 7) is 3.87. The molecule has 0 aromatic heterocycles. The Kier molecular flexibility index (Phi) is 3.89. The Labute approximate surface area is 101 Å². The van der Waals surface area contributed by atoms with Crippen molar-refractivity contribution >= 4 is 6.29 Å². The standard InChI is InChI=1S/C14H18FNO/c1-11-4-2-3-7-16(11)9-13-6-5-12(10-17)8-14(13)15/h5-6,8,10-11H,2-4,7,9H2,1H3. The Balaban J connectivity index is 2.09. The number of nitrogens with zero attached hydrogens (tertiary/aromatic N) is 1. The van der Waals surface area contributed by atoms with Gasteiger partial charge in [-0.25, -0.2) is 4.39 Å². The molecule has 1 heterocycles. The fourth-order valence-electron chi connectivity index (χ4n) is 2.38. The van der Waals surface area contributed by atoms with Gasteiger partial charge in [-0.2, -0.15) is 0 Å². The number of carbonyl (C=O) groups is 1. The first-order valence-electron chi connectivity index (χ1n) is 6.18. The van der Waals surface area contributed by atoms with Crippen molar-refractivity contribution in [3.8, 4) is 0 Å². The molecule has 92 valence electrons. The Morgan fingerprint density at radius 3 is 2.94 bits per heavy atom. The summed E-state index contributed by atoms with van der Waals surface area (Å²) in [6.07, 6.45) is 4.33. The van der Waals surface area contributed by atoms with Crippen molar-refractivity contribution in [3.63, 3.8) is 0 Å². The molecule has 0 saturated carbocycles. The fourth-order valence-corrected chi connectivity index (χ4v) is 2.38. The van der Waals surface area contributed by atoms with Crippen molar-refractivity contribution < 1.29 is 9.18 Å². The second-order valence-electron chi connectivity index (χ2n) is 4.78. The molecule has 2 nitrogen and oxygen atoms in total. The number of likely N-dealkylation sites (tertiary alicyclic amines) is 1. The van der Waals surface area contributed by atoms with Crippen molar-refractivity contribution in [2.45, 2.75) is 38.8 Å². The molecule has 0 aliphatic carbocycles. The summed E-state index contributed by atoms with van der Waals surface area (Å²) in [6, 6.07) is 5.24. The molecule has 1 aromatic rings. The van der Waals surface area contributed by atoms with Gasteiger partial charge in [-0.1, -0.05) is 18.6 Å². The van der Waals surface area contributed by atoms with E-state index >= 15 is 0 Å². The number of carbonyl (C=O) groups excluding carboxylic acids is 1. The minimum absolute atomic E-state index is 0.271. The van der Waals surface area contributed by atoms with Gasteiger partial charge in [0.1, 0.15) is 12.1 Å². The second kappa shape index (κ2) is 5.41. The Morgan fingerprint density at radius 2 is 2.29 bits per heavy atom. The molecule has 1 saturated heterocycles. The van der Waals surface area contributed by atoms with Crippen LogP contribution in [0, 0.1) is 5.82 Å². The molecule has 1 unspecified atom stereocenters. The highest BCUT2D eigenvalue weighted by atomic mass is 19.1. The lowest BCUT2D eigenvalue weighted by Crippen LogP contribution is -2.36. The third kappa shape index (κ3) is 2.91. The van der Waals surface area contributed by atoms with E-state index < -0.39 is 0 Å². The van der Waals surface area contributed by atoms with Crippen LogP contribution in [0.3, 0.4) is 0 Å². The SMILES string of the molecule is CC1CCCCN1Cc1ccc(C=O)cc1F. The van der Waals surface area contributed by atoms with E-state index in [1.54, 1.807) is 12.1 Å². The molecule has 0 amide bonds. The van der Waals surface area contributed by atoms with Crippen LogP contribution in [0.15, 0.2) is 18.2 Å². The smallest absolute Gasteiger partial charge is 0.150 e. The predicted octanol–water partition coefficient (Wildman–Crippen LogP) is 3.01. The van der Waals surface area contributed by atoms with E-state index in [-0.39, 0.29) is 5.82 Å². The zero-order valence-corrected chi connectivity index (χ0v) is 10.2. The van der Waals surface area contributed by atoms with Crippen molar-refractivity contribution in [3.05, 3.63) is 35.1 Å². The Hall–Kier alpha value is -1.22. The van der Waals surface area contributed by atoms with E-state index in [2.05, 4.69) is 11.8 Å². The lowest BCUT2D eigenvalue weighted by Gasteiger charge is -2.33. The van der Waals surface area contributed by atoms with Crippen LogP contribution in [0.1, 0.15) is 42.1 Å². The molecule has 1 atom stereocenters. The number of hydrogen-bond acceptors (Lipinski definition) is 2. The van der Waals surface area contributed by atoms with Crippen LogP contribution < -0.4 is 0 Å². The molecule has 3 heteroatoms. The van der Waals surface area contributed by atoms with Gasteiger partial charge in [-0.3, -0.25) is 9.69 Å². The fraction of sp³-hybridized carbons (Fsp3) is 0.500. The predicted molar refractivity (Wildman–Crippen MR) is 65.5 cm³/mol. The molecule has 17 heavy (non-hydrogen) atoms. The first-order valence-corrected chi connectivity index (χ1v) is 6.18. The van der Waals surface area contributed by atoms with Gasteiger partial charge in [0.05, 0.1) is 0 Å². The van der Waals surface area contributed by atoms with Gasteiger partial charge in [0.15, 0.2) is 0 Å². The average molecular weight is 235 g/mol. The van der Waals surface area contributed by atoms with Crippen LogP contribution in [0.2, 0.25) is 0 Å². The topological polar surface area (TPSA) is 20.3 Å². The molecule has 1 aromatic carbocycles. The molecule has 1 fully saturated rings. The first kappa shape index (κ1) is 12.2. The summed E-state index contributed by atoms with van der Waals surface area (Å²) >= 11 is 0. The van der Waals surface area contributed by atoms with E-state index in [0.717, 1.165) is 6.54 Å². The number of hydrogen-bond donors (Lipinski definition) is 0. The van der Waals surface area contributed by atoms with Gasteiger partial charge in [-0.15, -0.1) is 0 Å². The largest absolute Gasteiger partial charge is 0.298 e. The highest BCUT2D eigenvalue weighted by Gasteiger charge is 2.19. The van der Waals surface area contributed by atoms with Crippen molar-refractivity contribution in [2.75, 3.05) is 6.54 Å². The van der Waals surface area contributed by atoms with Crippen LogP contribution in [0.4, 0.5) is 4.39 Å². The molecule has 0 bridgehead atoms. The lowest BCUT2D eigenvalue weighted by molar-refractivity contribution is 0.112. The number of aldehydes is 1. The highest BCUT2D eigenvalue weighted by molar-refractivity contribution is 5.74. The molecule has 1 aliphatic heterocycles. The average Bonchev–Trinajstić information content (AvgIpc) is 2.34. The van der Waals surface area contributed by atoms with E-state index in [0.29, 0.717) is 30.0 Å². The van der Waals surface area contributed by atoms with E-state index in [4.69, 9.17) is 0 Å². The first-order chi connectivity index (χ1) is 8.20. The van der Waals surface area contributed by atoms with Gasteiger partial charge in [0.2, 0.25) is 0 Å². The van der Waals surface area contributed by atoms with E-state index in [9.17, 15) is 9.18 Å². The molecule has 0 N–H and O–H groups in total. The lowest BCUT2D eigenvalue weighted by atomic mass is 10.0. The molecule has 0 spiro atoms. The minimum Gasteiger partial charge on any atom is -0.298 e. The number of rotatable bonds is 3. The van der Waals surface area contributed by atoms with Gasteiger partial charge in [0.25, 0.3) is 0 Å². The zero-order valence-electron chi connectivity index (χ0n) is 10.2. The maximum absolute atomic E-state index is 13.7. The van der Waals surface area contributed by atoms with Gasteiger partial charge in [0, 0.05) is 23.7 Å². The third-order valence-electron chi connectivity index (χ3n) is 3.53. The number of halogens is 1. The van der Waals surface area contributed by atoms with Crippen LogP contribution in [-0.4, -0.2) is 23.8 Å². The van der Waals surface area contributed by atoms with Gasteiger partial charge < -0.3 is 0 Å². The summed E-state index contributed by atoms with van der Waals surface area (Å²) in [4.78, 5) is 12.8. The molecule has 2 rings (SSSR count). The van der Waals surface area contributed by atoms with E-state index in [1.807, 2.05) is 0 Å². The normalized spacial score (nSPS) is 21.4. The number of piperidine rings is 1. The minimum atomic E-state index is -0.271. The maximum Gasteiger partial charge on any atom is 0.150 e. The molecular formula is C14H18FNO. The van der Waals surface area contributed by atoms with Crippen LogP contribution in [-0.2, 0) is 6.54 Å². The number of benzene rings is 1. The van der Waals surface area contributed by atoms with Gasteiger partial charge >= 0.3 is 0 Å². The van der Waals surface area contributed by atoms with E-state index in [1.165, 1.54) is 25.3 Å². The summed E-state index contributed by atoms with van der Waals surface area (Å²) in [5.41, 5.74) is 1.09. The maximum atomic E-state index is 13.7. The van der Waals surface area contributed by atoms with Crippen LogP contribution in [0.5, 0.6) is 0 Å². The molecule has 1 aliphatic rings. The highest BCUT2D eigenvalue weighted by Crippen LogP contribution is 2.20. The summed E-state index contributed by atoms with van der Waals surface area (Å²) in [5, 5.41) is 0. The molecule has 0 radical (unpaired) electrons. The van der Waals surface area contributed by atoms with Crippen molar-refractivity contribution in [1.29, 1.82) is 0 Å². The summed E-state index contributed by atoms with van der Waals surface area (Å²) in [7, 11) is 0. The Bertz CT molecular complexity index is 405. The quantitative estimate of drug-likeness (QED) is 0.751. The van der Waals surface area contributed by atoms with Crippen molar-refractivity contribution in [2.24, 2.45) is 0 Å². The zero-order chi connectivity index (χ0) is 12.3. The monoisotopic (exact) mass is 235 g/mol. The van der Waals surface area contributed by atoms with Crippen LogP contribution >= 0.6 is 0 Å². The Morgan fingerprint density at radius 1 is 1.47 bits per heavy atom. The summed E-state index contributed by atoms with van der Waals surface area (Å²) in [5.74, 6) is -0.271. The third-order valence-corrected chi connectivity index (χ3v) is 3.53.